The molecule has 0 saturated heterocycles. The number of para-hydroxylation sites is 1. The normalized spacial score (nSPS) is 11.6. The van der Waals surface area contributed by atoms with Crippen LogP contribution >= 0.6 is 0 Å². The van der Waals surface area contributed by atoms with Crippen molar-refractivity contribution in [3.8, 4) is 5.75 Å². The van der Waals surface area contributed by atoms with Crippen molar-refractivity contribution >= 4 is 17.5 Å². The molecule has 0 aliphatic carbocycles. The summed E-state index contributed by atoms with van der Waals surface area (Å²) in [5, 5.41) is 2.57. The molecule has 0 spiro atoms. The Morgan fingerprint density at radius 1 is 1.43 bits per heavy atom. The quantitative estimate of drug-likeness (QED) is 0.770. The molecule has 6 nitrogen and oxygen atoms in total. The van der Waals surface area contributed by atoms with Crippen LogP contribution in [0.2, 0.25) is 0 Å². The summed E-state index contributed by atoms with van der Waals surface area (Å²) >= 11 is 0. The fourth-order valence-corrected chi connectivity index (χ4v) is 2.06. The number of nitrogens with zero attached hydrogens (tertiary/aromatic N) is 1. The van der Waals surface area contributed by atoms with Crippen LogP contribution in [-0.2, 0) is 4.79 Å². The van der Waals surface area contributed by atoms with E-state index >= 15 is 0 Å². The van der Waals surface area contributed by atoms with Crippen molar-refractivity contribution in [1.29, 1.82) is 0 Å². The van der Waals surface area contributed by atoms with Gasteiger partial charge in [-0.3, -0.25) is 9.59 Å². The molecule has 0 radical (unpaired) electrons. The average molecular weight is 293 g/mol. The minimum absolute atomic E-state index is 0.104. The maximum absolute atomic E-state index is 12.5. The van der Waals surface area contributed by atoms with Gasteiger partial charge in [0.2, 0.25) is 5.91 Å². The van der Waals surface area contributed by atoms with E-state index < -0.39 is 0 Å². The Labute approximate surface area is 125 Å². The first-order valence-electron chi connectivity index (χ1n) is 6.90. The van der Waals surface area contributed by atoms with Crippen molar-refractivity contribution in [2.75, 3.05) is 33.0 Å². The lowest BCUT2D eigenvalue weighted by molar-refractivity contribution is -0.124. The first-order valence-corrected chi connectivity index (χ1v) is 6.90. The van der Waals surface area contributed by atoms with Crippen LogP contribution in [0.3, 0.4) is 0 Å². The highest BCUT2D eigenvalue weighted by atomic mass is 16.5. The molecule has 0 saturated carbocycles. The molecular formula is C15H23N3O3. The lowest BCUT2D eigenvalue weighted by Gasteiger charge is -2.22. The summed E-state index contributed by atoms with van der Waals surface area (Å²) in [6.07, 6.45) is 0. The number of anilines is 1. The number of ether oxygens (including phenoxy) is 1. The summed E-state index contributed by atoms with van der Waals surface area (Å²) < 4.78 is 5.46. The third kappa shape index (κ3) is 4.11. The predicted octanol–water partition coefficient (Wildman–Crippen LogP) is 1.12. The number of nitrogen functional groups attached to an aromatic ring is 1. The molecule has 0 heterocycles. The zero-order valence-electron chi connectivity index (χ0n) is 13.0. The van der Waals surface area contributed by atoms with Crippen molar-refractivity contribution in [2.45, 2.75) is 13.8 Å². The molecule has 1 aromatic rings. The molecule has 0 aliphatic rings. The minimum atomic E-state index is -0.291. The molecule has 21 heavy (non-hydrogen) atoms. The molecule has 1 unspecified atom stereocenters. The van der Waals surface area contributed by atoms with Crippen molar-refractivity contribution in [2.24, 2.45) is 5.92 Å². The molecule has 116 valence electrons. The highest BCUT2D eigenvalue weighted by molar-refractivity contribution is 5.98. The molecule has 1 aromatic carbocycles. The number of rotatable bonds is 6. The van der Waals surface area contributed by atoms with Gasteiger partial charge in [0.25, 0.3) is 5.91 Å². The van der Waals surface area contributed by atoms with E-state index in [1.807, 2.05) is 6.92 Å². The number of benzene rings is 1. The topological polar surface area (TPSA) is 84.7 Å². The Balaban J connectivity index is 2.93. The van der Waals surface area contributed by atoms with Crippen LogP contribution in [0.4, 0.5) is 5.69 Å². The molecule has 0 aliphatic heterocycles. The van der Waals surface area contributed by atoms with E-state index in [2.05, 4.69) is 5.32 Å². The molecule has 3 N–H and O–H groups in total. The molecule has 0 fully saturated rings. The van der Waals surface area contributed by atoms with Gasteiger partial charge in [-0.15, -0.1) is 0 Å². The van der Waals surface area contributed by atoms with E-state index in [0.29, 0.717) is 30.2 Å². The van der Waals surface area contributed by atoms with Gasteiger partial charge in [0.1, 0.15) is 0 Å². The van der Waals surface area contributed by atoms with E-state index in [-0.39, 0.29) is 17.7 Å². The Hall–Kier alpha value is -2.24. The summed E-state index contributed by atoms with van der Waals surface area (Å²) in [7, 11) is 3.23. The Kier molecular flexibility index (Phi) is 6.02. The summed E-state index contributed by atoms with van der Waals surface area (Å²) in [6.45, 7) is 4.34. The van der Waals surface area contributed by atoms with Crippen LogP contribution in [0.1, 0.15) is 24.2 Å². The standard InChI is InChI=1S/C15H23N3O3/c1-5-21-13-11(7-6-8-12(13)16)15(20)18(4)9-10(2)14(19)17-3/h6-8,10H,5,9,16H2,1-4H3,(H,17,19). The van der Waals surface area contributed by atoms with Gasteiger partial charge in [0.05, 0.1) is 23.8 Å². The molecule has 1 rings (SSSR count). The second-order valence-electron chi connectivity index (χ2n) is 4.86. The largest absolute Gasteiger partial charge is 0.491 e. The first kappa shape index (κ1) is 16.8. The van der Waals surface area contributed by atoms with Crippen LogP contribution in [0.15, 0.2) is 18.2 Å². The Morgan fingerprint density at radius 3 is 2.67 bits per heavy atom. The fourth-order valence-electron chi connectivity index (χ4n) is 2.06. The number of amides is 2. The van der Waals surface area contributed by atoms with Crippen molar-refractivity contribution in [1.82, 2.24) is 10.2 Å². The molecule has 0 bridgehead atoms. The predicted molar refractivity (Wildman–Crippen MR) is 82.2 cm³/mol. The lowest BCUT2D eigenvalue weighted by Crippen LogP contribution is -2.37. The second kappa shape index (κ2) is 7.52. The van der Waals surface area contributed by atoms with Gasteiger partial charge in [-0.25, -0.2) is 0 Å². The SMILES string of the molecule is CCOc1c(N)cccc1C(=O)N(C)CC(C)C(=O)NC. The van der Waals surface area contributed by atoms with Gasteiger partial charge in [-0.05, 0) is 19.1 Å². The number of carbonyl (C=O) groups excluding carboxylic acids is 2. The molecule has 1 atom stereocenters. The molecular weight excluding hydrogens is 270 g/mol. The lowest BCUT2D eigenvalue weighted by atomic mass is 10.1. The van der Waals surface area contributed by atoms with E-state index in [4.69, 9.17) is 10.5 Å². The summed E-state index contributed by atoms with van der Waals surface area (Å²) in [6, 6.07) is 5.07. The number of carbonyl (C=O) groups is 2. The van der Waals surface area contributed by atoms with Crippen molar-refractivity contribution in [3.63, 3.8) is 0 Å². The van der Waals surface area contributed by atoms with Crippen LogP contribution < -0.4 is 15.8 Å². The second-order valence-corrected chi connectivity index (χ2v) is 4.86. The third-order valence-corrected chi connectivity index (χ3v) is 3.15. The number of nitrogens with one attached hydrogen (secondary N) is 1. The summed E-state index contributed by atoms with van der Waals surface area (Å²) in [4.78, 5) is 25.5. The summed E-state index contributed by atoms with van der Waals surface area (Å²) in [5.41, 5.74) is 6.69. The molecule has 2 amide bonds. The zero-order valence-corrected chi connectivity index (χ0v) is 13.0. The monoisotopic (exact) mass is 293 g/mol. The molecule has 6 heteroatoms. The average Bonchev–Trinajstić information content (AvgIpc) is 2.47. The maximum atomic E-state index is 12.5. The Bertz CT molecular complexity index is 517. The van der Waals surface area contributed by atoms with Crippen LogP contribution in [0.5, 0.6) is 5.75 Å². The Morgan fingerprint density at radius 2 is 2.10 bits per heavy atom. The number of hydrogen-bond acceptors (Lipinski definition) is 4. The number of hydrogen-bond donors (Lipinski definition) is 2. The van der Waals surface area contributed by atoms with Gasteiger partial charge >= 0.3 is 0 Å². The molecule has 0 aromatic heterocycles. The zero-order chi connectivity index (χ0) is 16.0. The van der Waals surface area contributed by atoms with E-state index in [1.165, 1.54) is 4.90 Å². The van der Waals surface area contributed by atoms with E-state index in [0.717, 1.165) is 0 Å². The van der Waals surface area contributed by atoms with Crippen LogP contribution in [0, 0.1) is 5.92 Å². The first-order chi connectivity index (χ1) is 9.92. The van der Waals surface area contributed by atoms with Gasteiger partial charge in [-0.2, -0.15) is 0 Å². The van der Waals surface area contributed by atoms with Gasteiger partial charge in [-0.1, -0.05) is 13.0 Å². The number of nitrogens with two attached hydrogens (primary N) is 1. The van der Waals surface area contributed by atoms with Gasteiger partial charge < -0.3 is 20.7 Å². The third-order valence-electron chi connectivity index (χ3n) is 3.15. The van der Waals surface area contributed by atoms with Crippen LogP contribution in [0.25, 0.3) is 0 Å². The maximum Gasteiger partial charge on any atom is 0.257 e. The highest BCUT2D eigenvalue weighted by Gasteiger charge is 2.22. The highest BCUT2D eigenvalue weighted by Crippen LogP contribution is 2.27. The van der Waals surface area contributed by atoms with Crippen molar-refractivity contribution < 1.29 is 14.3 Å². The smallest absolute Gasteiger partial charge is 0.257 e. The van der Waals surface area contributed by atoms with E-state index in [9.17, 15) is 9.59 Å². The van der Waals surface area contributed by atoms with Gasteiger partial charge in [0, 0.05) is 20.6 Å². The summed E-state index contributed by atoms with van der Waals surface area (Å²) in [5.74, 6) is -0.223. The fraction of sp³-hybridized carbons (Fsp3) is 0.467. The van der Waals surface area contributed by atoms with Crippen molar-refractivity contribution in [3.05, 3.63) is 23.8 Å². The minimum Gasteiger partial charge on any atom is -0.491 e. The van der Waals surface area contributed by atoms with Crippen LogP contribution in [-0.4, -0.2) is 44.0 Å². The van der Waals surface area contributed by atoms with Gasteiger partial charge in [0.15, 0.2) is 5.75 Å². The van der Waals surface area contributed by atoms with E-state index in [1.54, 1.807) is 39.2 Å².